The van der Waals surface area contributed by atoms with Gasteiger partial charge in [-0.25, -0.2) is 14.7 Å². The Balaban J connectivity index is 1.34. The lowest BCUT2D eigenvalue weighted by molar-refractivity contribution is -0.137. The third-order valence-corrected chi connectivity index (χ3v) is 6.55. The zero-order valence-electron chi connectivity index (χ0n) is 18.8. The number of imide groups is 1. The number of aromatic nitrogens is 2. The highest BCUT2D eigenvalue weighted by Crippen LogP contribution is 2.42. The number of amides is 3. The van der Waals surface area contributed by atoms with Crippen molar-refractivity contribution < 1.29 is 27.5 Å². The van der Waals surface area contributed by atoms with Crippen molar-refractivity contribution in [3.8, 4) is 11.5 Å². The standard InChI is InChI=1S/C26H19F3N4O3/c27-26(28,29)15-3-1-4-16(13-15)32-14-23(34)33(25(32)35)20-7-8-21(18-6-2-5-17(18)20)36-22-10-12-31-24-19(22)9-11-30-24/h1,3-4,7-13H,2,5-6,14H2,(H,30,31). The third-order valence-electron chi connectivity index (χ3n) is 6.55. The first-order valence-corrected chi connectivity index (χ1v) is 11.4. The van der Waals surface area contributed by atoms with Gasteiger partial charge in [-0.15, -0.1) is 0 Å². The molecule has 1 aliphatic heterocycles. The molecule has 1 aliphatic carbocycles. The number of hydrogen-bond donors (Lipinski definition) is 1. The van der Waals surface area contributed by atoms with E-state index in [2.05, 4.69) is 9.97 Å². The van der Waals surface area contributed by atoms with Crippen LogP contribution in [-0.2, 0) is 23.8 Å². The molecule has 0 unspecified atom stereocenters. The Labute approximate surface area is 203 Å². The minimum Gasteiger partial charge on any atom is -0.456 e. The van der Waals surface area contributed by atoms with Gasteiger partial charge in [-0.05, 0) is 67.3 Å². The molecule has 0 saturated carbocycles. The molecule has 3 heterocycles. The number of benzene rings is 2. The maximum Gasteiger partial charge on any atom is 0.416 e. The van der Waals surface area contributed by atoms with Gasteiger partial charge >= 0.3 is 12.2 Å². The average Bonchev–Trinajstić information content (AvgIpc) is 3.59. The molecule has 7 nitrogen and oxygen atoms in total. The van der Waals surface area contributed by atoms with Gasteiger partial charge in [0.05, 0.1) is 16.6 Å². The molecule has 1 fully saturated rings. The molecule has 1 N–H and O–H groups in total. The molecule has 10 heteroatoms. The van der Waals surface area contributed by atoms with Crippen molar-refractivity contribution in [3.63, 3.8) is 0 Å². The Morgan fingerprint density at radius 3 is 2.64 bits per heavy atom. The first-order valence-electron chi connectivity index (χ1n) is 11.4. The number of anilines is 2. The number of rotatable bonds is 4. The van der Waals surface area contributed by atoms with Crippen LogP contribution in [-0.4, -0.2) is 28.5 Å². The number of hydrogen-bond acceptors (Lipinski definition) is 4. The maximum absolute atomic E-state index is 13.3. The normalized spacial score (nSPS) is 15.8. The van der Waals surface area contributed by atoms with E-state index in [0.29, 0.717) is 35.7 Å². The molecule has 2 aromatic heterocycles. The Hall–Kier alpha value is -4.34. The van der Waals surface area contributed by atoms with E-state index >= 15 is 0 Å². The van der Waals surface area contributed by atoms with Crippen LogP contribution in [0.1, 0.15) is 23.1 Å². The minimum atomic E-state index is -4.56. The first-order chi connectivity index (χ1) is 17.3. The van der Waals surface area contributed by atoms with Crippen LogP contribution in [0, 0.1) is 0 Å². The monoisotopic (exact) mass is 492 g/mol. The Morgan fingerprint density at radius 1 is 0.972 bits per heavy atom. The molecule has 2 aliphatic rings. The Morgan fingerprint density at radius 2 is 1.81 bits per heavy atom. The van der Waals surface area contributed by atoms with E-state index in [-0.39, 0.29) is 12.2 Å². The van der Waals surface area contributed by atoms with Gasteiger partial charge in [-0.2, -0.15) is 13.2 Å². The summed E-state index contributed by atoms with van der Waals surface area (Å²) in [4.78, 5) is 35.7. The molecular weight excluding hydrogens is 473 g/mol. The van der Waals surface area contributed by atoms with E-state index in [4.69, 9.17) is 4.74 Å². The van der Waals surface area contributed by atoms with Crippen LogP contribution in [0.5, 0.6) is 11.5 Å². The van der Waals surface area contributed by atoms with Gasteiger partial charge in [0.15, 0.2) is 0 Å². The number of carbonyl (C=O) groups excluding carboxylic acids is 2. The maximum atomic E-state index is 13.3. The Kier molecular flexibility index (Phi) is 4.99. The quantitative estimate of drug-likeness (QED) is 0.363. The predicted octanol–water partition coefficient (Wildman–Crippen LogP) is 5.84. The van der Waals surface area contributed by atoms with Gasteiger partial charge in [0.25, 0.3) is 5.91 Å². The lowest BCUT2D eigenvalue weighted by Crippen LogP contribution is -2.33. The number of urea groups is 1. The van der Waals surface area contributed by atoms with Crippen LogP contribution in [0.4, 0.5) is 29.3 Å². The largest absolute Gasteiger partial charge is 0.456 e. The van der Waals surface area contributed by atoms with Gasteiger partial charge < -0.3 is 9.72 Å². The zero-order valence-corrected chi connectivity index (χ0v) is 18.8. The highest BCUT2D eigenvalue weighted by Gasteiger charge is 2.41. The molecule has 1 saturated heterocycles. The fraction of sp³-hybridized carbons (Fsp3) is 0.192. The lowest BCUT2D eigenvalue weighted by atomic mass is 10.1. The highest BCUT2D eigenvalue weighted by molar-refractivity contribution is 6.27. The topological polar surface area (TPSA) is 78.5 Å². The van der Waals surface area contributed by atoms with Crippen LogP contribution in [0.25, 0.3) is 11.0 Å². The van der Waals surface area contributed by atoms with Crippen LogP contribution in [0.2, 0.25) is 0 Å². The van der Waals surface area contributed by atoms with Crippen molar-refractivity contribution in [2.75, 3.05) is 16.3 Å². The second kappa shape index (κ2) is 8.11. The SMILES string of the molecule is O=C1CN(c2cccc(C(F)(F)F)c2)C(=O)N1c1ccc(Oc2ccnc3[nH]ccc23)c2c1CCC2. The molecule has 0 atom stereocenters. The van der Waals surface area contributed by atoms with Crippen molar-refractivity contribution in [1.82, 2.24) is 9.97 Å². The molecule has 3 amide bonds. The summed E-state index contributed by atoms with van der Waals surface area (Å²) in [5.74, 6) is 0.768. The molecule has 4 aromatic rings. The summed E-state index contributed by atoms with van der Waals surface area (Å²) in [6.07, 6.45) is 1.06. The summed E-state index contributed by atoms with van der Waals surface area (Å²) in [6.45, 7) is -0.338. The number of carbonyl (C=O) groups is 2. The third kappa shape index (κ3) is 3.57. The minimum absolute atomic E-state index is 0.0236. The summed E-state index contributed by atoms with van der Waals surface area (Å²) in [5, 5.41) is 0.829. The number of halogens is 3. The van der Waals surface area contributed by atoms with E-state index < -0.39 is 23.7 Å². The number of aromatic amines is 1. The van der Waals surface area contributed by atoms with E-state index in [9.17, 15) is 22.8 Å². The summed E-state index contributed by atoms with van der Waals surface area (Å²) < 4.78 is 45.8. The second-order valence-corrected chi connectivity index (χ2v) is 8.69. The van der Waals surface area contributed by atoms with Gasteiger partial charge in [0.2, 0.25) is 0 Å². The van der Waals surface area contributed by atoms with Crippen LogP contribution in [0.15, 0.2) is 60.9 Å². The molecule has 6 rings (SSSR count). The van der Waals surface area contributed by atoms with Crippen molar-refractivity contribution in [2.45, 2.75) is 25.4 Å². The smallest absolute Gasteiger partial charge is 0.416 e. The summed E-state index contributed by atoms with van der Waals surface area (Å²) >= 11 is 0. The number of fused-ring (bicyclic) bond motifs is 2. The number of H-pyrrole nitrogens is 1. The van der Waals surface area contributed by atoms with E-state index in [1.165, 1.54) is 12.1 Å². The second-order valence-electron chi connectivity index (χ2n) is 8.69. The number of nitrogens with one attached hydrogen (secondary N) is 1. The number of alkyl halides is 3. The molecule has 2 aromatic carbocycles. The number of nitrogens with zero attached hydrogens (tertiary/aromatic N) is 3. The van der Waals surface area contributed by atoms with Crippen LogP contribution < -0.4 is 14.5 Å². The predicted molar refractivity (Wildman–Crippen MR) is 126 cm³/mol. The highest BCUT2D eigenvalue weighted by atomic mass is 19.4. The fourth-order valence-corrected chi connectivity index (χ4v) is 4.89. The fourth-order valence-electron chi connectivity index (χ4n) is 4.89. The van der Waals surface area contributed by atoms with Gasteiger partial charge in [0.1, 0.15) is 23.7 Å². The van der Waals surface area contributed by atoms with Crippen molar-refractivity contribution in [3.05, 3.63) is 77.6 Å². The van der Waals surface area contributed by atoms with Crippen LogP contribution >= 0.6 is 0 Å². The molecular formula is C26H19F3N4O3. The Bertz CT molecular complexity index is 1530. The molecule has 0 spiro atoms. The summed E-state index contributed by atoms with van der Waals surface area (Å²) in [5.41, 5.74) is 2.03. The zero-order chi connectivity index (χ0) is 25.0. The molecule has 182 valence electrons. The van der Waals surface area contributed by atoms with Crippen molar-refractivity contribution in [1.29, 1.82) is 0 Å². The number of ether oxygens (including phenoxy) is 1. The van der Waals surface area contributed by atoms with Gasteiger partial charge in [-0.1, -0.05) is 6.07 Å². The van der Waals surface area contributed by atoms with Crippen molar-refractivity contribution >= 4 is 34.3 Å². The van der Waals surface area contributed by atoms with E-state index in [1.54, 1.807) is 30.6 Å². The van der Waals surface area contributed by atoms with E-state index in [0.717, 1.165) is 44.9 Å². The van der Waals surface area contributed by atoms with Crippen molar-refractivity contribution in [2.24, 2.45) is 0 Å². The lowest BCUT2D eigenvalue weighted by Gasteiger charge is -2.21. The molecule has 0 bridgehead atoms. The van der Waals surface area contributed by atoms with E-state index in [1.807, 2.05) is 6.07 Å². The first kappa shape index (κ1) is 22.1. The molecule has 36 heavy (non-hydrogen) atoms. The van der Waals surface area contributed by atoms with Gasteiger partial charge in [0, 0.05) is 23.6 Å². The molecule has 0 radical (unpaired) electrons. The van der Waals surface area contributed by atoms with Crippen LogP contribution in [0.3, 0.4) is 0 Å². The average molecular weight is 492 g/mol. The van der Waals surface area contributed by atoms with Gasteiger partial charge in [-0.3, -0.25) is 9.69 Å². The summed E-state index contributed by atoms with van der Waals surface area (Å²) in [7, 11) is 0. The summed E-state index contributed by atoms with van der Waals surface area (Å²) in [6, 6.07) is 10.8. The number of pyridine rings is 1.